The second-order valence-electron chi connectivity index (χ2n) is 4.21. The number of nitrogens with zero attached hydrogens (tertiary/aromatic N) is 1. The summed E-state index contributed by atoms with van der Waals surface area (Å²) in [5.41, 5.74) is -0.268. The summed E-state index contributed by atoms with van der Waals surface area (Å²) in [4.78, 5) is 27.5. The topological polar surface area (TPSA) is 116 Å². The van der Waals surface area contributed by atoms with Crippen LogP contribution in [0.4, 0.5) is 5.69 Å². The number of nitrogens with one attached hydrogen (secondary N) is 1. The van der Waals surface area contributed by atoms with Crippen LogP contribution in [0.2, 0.25) is 5.02 Å². The molecule has 0 unspecified atom stereocenters. The van der Waals surface area contributed by atoms with Crippen LogP contribution >= 0.6 is 11.6 Å². The lowest BCUT2D eigenvalue weighted by Crippen LogP contribution is -2.27. The maximum Gasteiger partial charge on any atom is 0.357 e. The van der Waals surface area contributed by atoms with Crippen LogP contribution < -0.4 is 4.89 Å². The van der Waals surface area contributed by atoms with E-state index >= 15 is 0 Å². The Balaban J connectivity index is 2.09. The van der Waals surface area contributed by atoms with E-state index in [1.54, 1.807) is 11.0 Å². The summed E-state index contributed by atoms with van der Waals surface area (Å²) >= 11 is 5.76. The van der Waals surface area contributed by atoms with Crippen LogP contribution in [-0.2, 0) is 14.9 Å². The molecule has 1 N–H and O–H groups in total. The van der Waals surface area contributed by atoms with Crippen molar-refractivity contribution in [1.82, 2.24) is 4.89 Å². The molecule has 0 saturated carbocycles. The highest BCUT2D eigenvalue weighted by molar-refractivity contribution is 7.89. The van der Waals surface area contributed by atoms with Crippen LogP contribution in [0.3, 0.4) is 0 Å². The number of hydrogen-bond donors (Lipinski definition) is 1. The van der Waals surface area contributed by atoms with Gasteiger partial charge in [0.05, 0.1) is 15.5 Å². The fourth-order valence-electron chi connectivity index (χ4n) is 1.58. The first-order valence-electron chi connectivity index (χ1n) is 6.03. The van der Waals surface area contributed by atoms with Crippen molar-refractivity contribution in [2.75, 3.05) is 0 Å². The minimum Gasteiger partial charge on any atom is -0.351 e. The van der Waals surface area contributed by atoms with Gasteiger partial charge in [-0.3, -0.25) is 10.1 Å². The number of hydrogen-bond acceptors (Lipinski definition) is 6. The Bertz CT molecular complexity index is 851. The van der Waals surface area contributed by atoms with Gasteiger partial charge in [0.15, 0.2) is 0 Å². The number of carbonyl (C=O) groups excluding carboxylic acids is 1. The van der Waals surface area contributed by atoms with Crippen molar-refractivity contribution in [2.45, 2.75) is 4.90 Å². The van der Waals surface area contributed by atoms with Crippen LogP contribution in [0.15, 0.2) is 53.4 Å². The molecule has 8 nitrogen and oxygen atoms in total. The molecule has 120 valence electrons. The fraction of sp³-hybridized carbons (Fsp3) is 0. The lowest BCUT2D eigenvalue weighted by molar-refractivity contribution is -0.384. The minimum atomic E-state index is -4.15. The predicted molar refractivity (Wildman–Crippen MR) is 80.3 cm³/mol. The summed E-state index contributed by atoms with van der Waals surface area (Å²) in [7, 11) is -4.15. The van der Waals surface area contributed by atoms with E-state index in [9.17, 15) is 23.3 Å². The monoisotopic (exact) mass is 356 g/mol. The minimum absolute atomic E-state index is 0.0358. The van der Waals surface area contributed by atoms with E-state index in [4.69, 9.17) is 11.6 Å². The zero-order valence-electron chi connectivity index (χ0n) is 11.3. The van der Waals surface area contributed by atoms with E-state index in [0.717, 1.165) is 24.3 Å². The molecule has 0 aliphatic rings. The summed E-state index contributed by atoms with van der Waals surface area (Å²) in [6.07, 6.45) is 0. The zero-order chi connectivity index (χ0) is 17.0. The molecule has 0 heterocycles. The number of nitro benzene ring substituents is 1. The Hall–Kier alpha value is -2.49. The van der Waals surface area contributed by atoms with Gasteiger partial charge in [-0.25, -0.2) is 13.2 Å². The molecule has 0 bridgehead atoms. The highest BCUT2D eigenvalue weighted by Crippen LogP contribution is 2.20. The molecule has 0 amide bonds. The largest absolute Gasteiger partial charge is 0.357 e. The molecule has 0 spiro atoms. The normalized spacial score (nSPS) is 11.0. The van der Waals surface area contributed by atoms with Gasteiger partial charge >= 0.3 is 5.97 Å². The molecular weight excluding hydrogens is 348 g/mol. The van der Waals surface area contributed by atoms with Gasteiger partial charge in [-0.15, -0.1) is 0 Å². The van der Waals surface area contributed by atoms with Gasteiger partial charge in [0.25, 0.3) is 15.7 Å². The van der Waals surface area contributed by atoms with Crippen molar-refractivity contribution in [3.63, 3.8) is 0 Å². The standard InChI is InChI=1S/C13H9ClN2O6S/c14-11-3-1-2-4-12(11)23(20,21)15-22-13(17)9-5-7-10(8-6-9)16(18)19/h1-8,15H. The number of halogens is 1. The SMILES string of the molecule is O=C(ONS(=O)(=O)c1ccccc1Cl)c1ccc([N+](=O)[O-])cc1. The van der Waals surface area contributed by atoms with Gasteiger partial charge in [-0.05, 0) is 29.2 Å². The fourth-order valence-corrected chi connectivity index (χ4v) is 2.88. The molecule has 2 rings (SSSR count). The third kappa shape index (κ3) is 4.03. The van der Waals surface area contributed by atoms with Crippen LogP contribution in [0.1, 0.15) is 10.4 Å². The Kier molecular flexibility index (Phi) is 4.94. The third-order valence-electron chi connectivity index (χ3n) is 2.68. The van der Waals surface area contributed by atoms with Gasteiger partial charge in [0.1, 0.15) is 4.90 Å². The van der Waals surface area contributed by atoms with Crippen LogP contribution in [-0.4, -0.2) is 19.3 Å². The van der Waals surface area contributed by atoms with Crippen molar-refractivity contribution < 1.29 is 23.0 Å². The molecule has 2 aromatic rings. The number of nitro groups is 1. The van der Waals surface area contributed by atoms with Gasteiger partial charge in [-0.2, -0.15) is 0 Å². The summed E-state index contributed by atoms with van der Waals surface area (Å²) in [6, 6.07) is 10.1. The van der Waals surface area contributed by atoms with E-state index in [1.165, 1.54) is 18.2 Å². The highest BCUT2D eigenvalue weighted by atomic mass is 35.5. The number of rotatable bonds is 5. The summed E-state index contributed by atoms with van der Waals surface area (Å²) < 4.78 is 23.9. The van der Waals surface area contributed by atoms with E-state index in [0.29, 0.717) is 0 Å². The Labute approximate surface area is 135 Å². The smallest absolute Gasteiger partial charge is 0.351 e. The van der Waals surface area contributed by atoms with Gasteiger partial charge in [-0.1, -0.05) is 23.7 Å². The van der Waals surface area contributed by atoms with E-state index < -0.39 is 20.9 Å². The van der Waals surface area contributed by atoms with Crippen molar-refractivity contribution in [2.24, 2.45) is 0 Å². The van der Waals surface area contributed by atoms with E-state index in [2.05, 4.69) is 4.84 Å². The molecule has 10 heteroatoms. The molecule has 0 saturated heterocycles. The first-order valence-corrected chi connectivity index (χ1v) is 7.89. The van der Waals surface area contributed by atoms with Crippen molar-refractivity contribution >= 4 is 33.3 Å². The Morgan fingerprint density at radius 3 is 2.30 bits per heavy atom. The summed E-state index contributed by atoms with van der Waals surface area (Å²) in [5.74, 6) is -1.02. The lowest BCUT2D eigenvalue weighted by Gasteiger charge is -2.08. The predicted octanol–water partition coefficient (Wildman–Crippen LogP) is 2.30. The number of carbonyl (C=O) groups is 1. The average Bonchev–Trinajstić information content (AvgIpc) is 2.53. The molecular formula is C13H9ClN2O6S. The Morgan fingerprint density at radius 2 is 1.74 bits per heavy atom. The van der Waals surface area contributed by atoms with Crippen molar-refractivity contribution in [3.8, 4) is 0 Å². The quantitative estimate of drug-likeness (QED) is 0.649. The van der Waals surface area contributed by atoms with Gasteiger partial charge < -0.3 is 4.84 Å². The molecule has 0 atom stereocenters. The van der Waals surface area contributed by atoms with E-state index in [1.807, 2.05) is 0 Å². The van der Waals surface area contributed by atoms with E-state index in [-0.39, 0.29) is 21.2 Å². The van der Waals surface area contributed by atoms with Crippen molar-refractivity contribution in [3.05, 3.63) is 69.2 Å². The zero-order valence-corrected chi connectivity index (χ0v) is 12.9. The molecule has 23 heavy (non-hydrogen) atoms. The van der Waals surface area contributed by atoms with Crippen molar-refractivity contribution in [1.29, 1.82) is 0 Å². The number of benzene rings is 2. The lowest BCUT2D eigenvalue weighted by atomic mass is 10.2. The number of non-ortho nitro benzene ring substituents is 1. The second kappa shape index (κ2) is 6.73. The third-order valence-corrected chi connectivity index (χ3v) is 4.36. The molecule has 2 aromatic carbocycles. The highest BCUT2D eigenvalue weighted by Gasteiger charge is 2.20. The maximum absolute atomic E-state index is 12.0. The average molecular weight is 357 g/mol. The summed E-state index contributed by atoms with van der Waals surface area (Å²) in [6.45, 7) is 0. The Morgan fingerprint density at radius 1 is 1.13 bits per heavy atom. The van der Waals surface area contributed by atoms with Crippen LogP contribution in [0.5, 0.6) is 0 Å². The molecule has 0 aromatic heterocycles. The first-order chi connectivity index (χ1) is 10.8. The van der Waals surface area contributed by atoms with Crippen LogP contribution in [0, 0.1) is 10.1 Å². The van der Waals surface area contributed by atoms with Gasteiger partial charge in [0, 0.05) is 12.1 Å². The summed E-state index contributed by atoms with van der Waals surface area (Å²) in [5, 5.41) is 10.5. The molecule has 0 aliphatic heterocycles. The second-order valence-corrected chi connectivity index (χ2v) is 6.23. The first kappa shape index (κ1) is 16.9. The van der Waals surface area contributed by atoms with Gasteiger partial charge in [0.2, 0.25) is 0 Å². The maximum atomic E-state index is 12.0. The number of sulfonamides is 1. The molecule has 0 aliphatic carbocycles. The molecule has 0 fully saturated rings. The molecule has 0 radical (unpaired) electrons. The van der Waals surface area contributed by atoms with Crippen LogP contribution in [0.25, 0.3) is 0 Å².